The third kappa shape index (κ3) is 8.30. The number of amides is 1. The number of carboxylic acids is 1. The van der Waals surface area contributed by atoms with E-state index in [1.807, 2.05) is 6.92 Å². The molecule has 2 aliphatic rings. The predicted molar refractivity (Wildman–Crippen MR) is 158 cm³/mol. The number of fused-ring (bicyclic) bond motifs is 2. The van der Waals surface area contributed by atoms with Crippen LogP contribution in [0.4, 0.5) is 0 Å². The van der Waals surface area contributed by atoms with E-state index in [-0.39, 0.29) is 52.4 Å². The molecule has 3 N–H and O–H groups in total. The van der Waals surface area contributed by atoms with Crippen LogP contribution < -0.4 is 15.6 Å². The fourth-order valence-electron chi connectivity index (χ4n) is 4.65. The molecule has 43 heavy (non-hydrogen) atoms. The van der Waals surface area contributed by atoms with E-state index in [2.05, 4.69) is 5.32 Å². The Kier molecular flexibility index (Phi) is 10.7. The van der Waals surface area contributed by atoms with Crippen LogP contribution >= 0.6 is 7.82 Å². The highest BCUT2D eigenvalue weighted by Gasteiger charge is 2.23. The number of aromatic carboxylic acids is 1. The number of phosphoric acid groups is 1. The highest BCUT2D eigenvalue weighted by molar-refractivity contribution is 7.45. The second-order valence-electron chi connectivity index (χ2n) is 10.0. The second kappa shape index (κ2) is 14.4. The molecule has 2 aromatic carbocycles. The van der Waals surface area contributed by atoms with Gasteiger partial charge < -0.3 is 33.9 Å². The lowest BCUT2D eigenvalue weighted by molar-refractivity contribution is -0.225. The average Bonchev–Trinajstić information content (AvgIpc) is 2.96. The molecule has 0 saturated heterocycles. The Hall–Kier alpha value is -4.02. The summed E-state index contributed by atoms with van der Waals surface area (Å²) in [7, 11) is -4.27. The Morgan fingerprint density at radius 3 is 2.42 bits per heavy atom. The summed E-state index contributed by atoms with van der Waals surface area (Å²) in [6.07, 6.45) is 4.05. The van der Waals surface area contributed by atoms with Crippen molar-refractivity contribution in [1.82, 2.24) is 5.32 Å². The van der Waals surface area contributed by atoms with Crippen LogP contribution in [-0.2, 0) is 13.6 Å². The highest BCUT2D eigenvalue weighted by Crippen LogP contribution is 2.42. The largest absolute Gasteiger partial charge is 0.756 e. The van der Waals surface area contributed by atoms with Gasteiger partial charge in [-0.25, -0.2) is 4.79 Å². The fraction of sp³-hybridized carbons (Fsp3) is 0.323. The van der Waals surface area contributed by atoms with Gasteiger partial charge in [0.05, 0.1) is 18.8 Å². The molecule has 0 aromatic heterocycles. The number of phosphoric ester groups is 1. The van der Waals surface area contributed by atoms with E-state index in [9.17, 15) is 34.1 Å². The van der Waals surface area contributed by atoms with Crippen molar-refractivity contribution in [3.63, 3.8) is 0 Å². The number of nitrogens with one attached hydrogen (secondary N) is 1. The molecule has 1 unspecified atom stereocenters. The molecule has 228 valence electrons. The summed E-state index contributed by atoms with van der Waals surface area (Å²) >= 11 is 0. The van der Waals surface area contributed by atoms with Crippen molar-refractivity contribution < 1.29 is 42.7 Å². The number of carbonyl (C=O) groups excluding carboxylic acids is 1. The van der Waals surface area contributed by atoms with Gasteiger partial charge in [0.15, 0.2) is 5.43 Å². The molecular formula is C31H33NO10P-. The van der Waals surface area contributed by atoms with Crippen molar-refractivity contribution in [2.24, 2.45) is 0 Å². The lowest BCUT2D eigenvalue weighted by Crippen LogP contribution is -2.24. The minimum atomic E-state index is -4.27. The normalized spacial score (nSPS) is 12.8. The molecule has 0 saturated carbocycles. The van der Waals surface area contributed by atoms with Crippen molar-refractivity contribution in [1.29, 1.82) is 0 Å². The molecule has 1 heterocycles. The van der Waals surface area contributed by atoms with E-state index in [0.717, 1.165) is 12.8 Å². The smallest absolute Gasteiger partial charge is 0.336 e. The first-order valence-electron chi connectivity index (χ1n) is 14.1. The summed E-state index contributed by atoms with van der Waals surface area (Å²) in [5.41, 5.74) is 1.31. The molecule has 1 aliphatic carbocycles. The van der Waals surface area contributed by atoms with Crippen LogP contribution in [0.1, 0.15) is 66.2 Å². The van der Waals surface area contributed by atoms with Crippen LogP contribution in [0, 0.1) is 0 Å². The number of carbonyl (C=O) groups is 2. The minimum absolute atomic E-state index is 0.0316. The predicted octanol–water partition coefficient (Wildman–Crippen LogP) is 5.56. The molecule has 0 fully saturated rings. The molecule has 1 aliphatic heterocycles. The van der Waals surface area contributed by atoms with Gasteiger partial charge in [0, 0.05) is 40.8 Å². The standard InChI is InChI=1S/C31H34NO10P/c1-2-3-15-40-43(38,39)41-16-7-5-4-6-14-32-30(35)20-8-11-23(31(36)37)26(17-20)29-24-12-9-21(33)18-27(24)42-28-19-22(34)10-13-25(28)29/h8-13,17-19,33H,2-7,14-16H2,1H3,(H,32,35)(H,36,37)(H,38,39)/p-1. The van der Waals surface area contributed by atoms with Gasteiger partial charge >= 0.3 is 5.97 Å². The number of phenolic OH excluding ortho intramolecular Hbond substituents is 1. The van der Waals surface area contributed by atoms with Crippen LogP contribution in [0.5, 0.6) is 5.75 Å². The maximum atomic E-state index is 13.0. The van der Waals surface area contributed by atoms with Gasteiger partial charge in [-0.05, 0) is 67.3 Å². The molecular weight excluding hydrogens is 577 g/mol. The van der Waals surface area contributed by atoms with E-state index in [1.54, 1.807) is 12.1 Å². The van der Waals surface area contributed by atoms with Crippen LogP contribution in [0.25, 0.3) is 33.4 Å². The first kappa shape index (κ1) is 31.9. The quantitative estimate of drug-likeness (QED) is 0.0878. The Balaban J connectivity index is 1.45. The van der Waals surface area contributed by atoms with E-state index >= 15 is 0 Å². The Bertz CT molecular complexity index is 1680. The fourth-order valence-corrected chi connectivity index (χ4v) is 5.43. The Morgan fingerprint density at radius 1 is 0.930 bits per heavy atom. The number of unbranched alkanes of at least 4 members (excludes halogenated alkanes) is 4. The minimum Gasteiger partial charge on any atom is -0.756 e. The first-order valence-corrected chi connectivity index (χ1v) is 15.5. The number of hydrogen-bond acceptors (Lipinski definition) is 9. The van der Waals surface area contributed by atoms with Crippen molar-refractivity contribution in [3.05, 3.63) is 75.9 Å². The van der Waals surface area contributed by atoms with Crippen LogP contribution in [-0.4, -0.2) is 41.8 Å². The maximum absolute atomic E-state index is 13.0. The van der Waals surface area contributed by atoms with Crippen LogP contribution in [0.2, 0.25) is 0 Å². The van der Waals surface area contributed by atoms with Crippen molar-refractivity contribution >= 4 is 30.7 Å². The Labute approximate surface area is 248 Å². The average molecular weight is 611 g/mol. The van der Waals surface area contributed by atoms with E-state index in [4.69, 9.17) is 13.5 Å². The van der Waals surface area contributed by atoms with Gasteiger partial charge in [0.1, 0.15) is 17.1 Å². The number of benzene rings is 3. The monoisotopic (exact) mass is 610 g/mol. The van der Waals surface area contributed by atoms with Crippen molar-refractivity contribution in [2.45, 2.75) is 45.4 Å². The third-order valence-electron chi connectivity index (χ3n) is 6.81. The number of hydrogen-bond donors (Lipinski definition) is 3. The summed E-state index contributed by atoms with van der Waals surface area (Å²) in [6.45, 7) is 2.43. The van der Waals surface area contributed by atoms with Gasteiger partial charge in [-0.15, -0.1) is 0 Å². The Morgan fingerprint density at radius 2 is 1.67 bits per heavy atom. The molecule has 0 bridgehead atoms. The zero-order valence-electron chi connectivity index (χ0n) is 23.7. The molecule has 0 spiro atoms. The molecule has 1 amide bonds. The van der Waals surface area contributed by atoms with Gasteiger partial charge in [-0.1, -0.05) is 26.2 Å². The summed E-state index contributed by atoms with van der Waals surface area (Å²) in [6, 6.07) is 12.9. The molecule has 2 aromatic rings. The van der Waals surface area contributed by atoms with E-state index in [0.29, 0.717) is 48.7 Å². The lowest BCUT2D eigenvalue weighted by atomic mass is 9.89. The first-order chi connectivity index (χ1) is 20.6. The number of phenols is 1. The maximum Gasteiger partial charge on any atom is 0.336 e. The zero-order chi connectivity index (χ0) is 31.0. The number of aromatic hydroxyl groups is 1. The molecule has 4 rings (SSSR count). The van der Waals surface area contributed by atoms with Crippen molar-refractivity contribution in [3.8, 4) is 28.2 Å². The van der Waals surface area contributed by atoms with E-state index in [1.165, 1.54) is 42.5 Å². The zero-order valence-corrected chi connectivity index (χ0v) is 24.6. The molecule has 12 heteroatoms. The molecule has 0 radical (unpaired) electrons. The summed E-state index contributed by atoms with van der Waals surface area (Å²) < 4.78 is 27.1. The van der Waals surface area contributed by atoms with Crippen LogP contribution in [0.3, 0.4) is 0 Å². The van der Waals surface area contributed by atoms with Gasteiger partial charge in [-0.3, -0.25) is 14.2 Å². The number of carboxylic acid groups (broad SMARTS) is 1. The van der Waals surface area contributed by atoms with Crippen LogP contribution in [0.15, 0.2) is 63.8 Å². The molecule has 1 atom stereocenters. The van der Waals surface area contributed by atoms with E-state index < -0.39 is 19.7 Å². The third-order valence-corrected chi connectivity index (χ3v) is 7.81. The number of rotatable bonds is 15. The summed E-state index contributed by atoms with van der Waals surface area (Å²) in [5, 5.41) is 23.3. The summed E-state index contributed by atoms with van der Waals surface area (Å²) in [4.78, 5) is 49.0. The SMILES string of the molecule is CCCCOP(=O)([O-])OCCCCCCNC(=O)c1ccc(C(=O)O)c(-c2c3ccc(=O)cc-3oc3cc(O)ccc23)c1. The highest BCUT2D eigenvalue weighted by atomic mass is 31.2. The second-order valence-corrected chi connectivity index (χ2v) is 11.4. The lowest BCUT2D eigenvalue weighted by Gasteiger charge is -2.22. The topological polar surface area (TPSA) is 175 Å². The van der Waals surface area contributed by atoms with Gasteiger partial charge in [0.2, 0.25) is 0 Å². The van der Waals surface area contributed by atoms with Gasteiger partial charge in [0.25, 0.3) is 13.7 Å². The van der Waals surface area contributed by atoms with Gasteiger partial charge in [-0.2, -0.15) is 0 Å². The van der Waals surface area contributed by atoms with Crippen molar-refractivity contribution in [2.75, 3.05) is 19.8 Å². The molecule has 11 nitrogen and oxygen atoms in total. The summed E-state index contributed by atoms with van der Waals surface area (Å²) in [5.74, 6) is -1.46.